The van der Waals surface area contributed by atoms with Crippen LogP contribution < -0.4 is 5.73 Å². The van der Waals surface area contributed by atoms with E-state index in [0.717, 1.165) is 45.6 Å². The van der Waals surface area contributed by atoms with Gasteiger partial charge in [-0.2, -0.15) is 0 Å². The first kappa shape index (κ1) is 13.5. The van der Waals surface area contributed by atoms with Gasteiger partial charge in [0.15, 0.2) is 0 Å². The lowest BCUT2D eigenvalue weighted by Gasteiger charge is -2.32. The molecule has 16 heavy (non-hydrogen) atoms. The van der Waals surface area contributed by atoms with Crippen LogP contribution in [-0.4, -0.2) is 54.5 Å². The maximum Gasteiger partial charge on any atom is 0.239 e. The lowest BCUT2D eigenvalue weighted by molar-refractivity contribution is -0.135. The summed E-state index contributed by atoms with van der Waals surface area (Å²) in [6.45, 7) is 9.22. The zero-order valence-corrected chi connectivity index (χ0v) is 10.6. The Morgan fingerprint density at radius 2 is 2.19 bits per heavy atom. The van der Waals surface area contributed by atoms with Gasteiger partial charge in [0.05, 0.1) is 6.04 Å². The lowest BCUT2D eigenvalue weighted by Crippen LogP contribution is -2.50. The number of carbonyl (C=O) groups excluding carboxylic acids is 1. The van der Waals surface area contributed by atoms with Crippen LogP contribution in [0.15, 0.2) is 0 Å². The molecule has 4 heteroatoms. The van der Waals surface area contributed by atoms with Crippen LogP contribution in [-0.2, 0) is 4.79 Å². The van der Waals surface area contributed by atoms with E-state index in [1.807, 2.05) is 4.90 Å². The third-order valence-electron chi connectivity index (χ3n) is 3.25. The van der Waals surface area contributed by atoms with Crippen LogP contribution in [0.4, 0.5) is 0 Å². The van der Waals surface area contributed by atoms with Gasteiger partial charge in [-0.25, -0.2) is 0 Å². The SMILES string of the molecule is CCCN(CC)CCN1CCCC(N)C1=O. The highest BCUT2D eigenvalue weighted by atomic mass is 16.2. The molecule has 0 radical (unpaired) electrons. The Kier molecular flexibility index (Phi) is 5.77. The van der Waals surface area contributed by atoms with E-state index in [1.54, 1.807) is 0 Å². The van der Waals surface area contributed by atoms with Crippen molar-refractivity contribution in [3.8, 4) is 0 Å². The van der Waals surface area contributed by atoms with E-state index in [2.05, 4.69) is 18.7 Å². The largest absolute Gasteiger partial charge is 0.340 e. The summed E-state index contributed by atoms with van der Waals surface area (Å²) in [6.07, 6.45) is 3.07. The molecule has 1 fully saturated rings. The summed E-state index contributed by atoms with van der Waals surface area (Å²) in [7, 11) is 0. The van der Waals surface area contributed by atoms with Gasteiger partial charge in [-0.3, -0.25) is 4.79 Å². The normalized spacial score (nSPS) is 21.9. The molecule has 1 aliphatic rings. The number of carbonyl (C=O) groups is 1. The van der Waals surface area contributed by atoms with Gasteiger partial charge in [-0.1, -0.05) is 13.8 Å². The maximum atomic E-state index is 11.8. The Morgan fingerprint density at radius 1 is 1.44 bits per heavy atom. The molecular weight excluding hydrogens is 202 g/mol. The van der Waals surface area contributed by atoms with Crippen molar-refractivity contribution < 1.29 is 4.79 Å². The zero-order chi connectivity index (χ0) is 12.0. The minimum Gasteiger partial charge on any atom is -0.340 e. The topological polar surface area (TPSA) is 49.6 Å². The van der Waals surface area contributed by atoms with E-state index in [4.69, 9.17) is 5.73 Å². The van der Waals surface area contributed by atoms with Gasteiger partial charge in [-0.05, 0) is 32.4 Å². The number of likely N-dealkylation sites (tertiary alicyclic amines) is 1. The third kappa shape index (κ3) is 3.76. The van der Waals surface area contributed by atoms with E-state index in [-0.39, 0.29) is 11.9 Å². The molecule has 0 aromatic carbocycles. The molecule has 1 saturated heterocycles. The Labute approximate surface area is 98.8 Å². The Hall–Kier alpha value is -0.610. The number of hydrogen-bond donors (Lipinski definition) is 1. The van der Waals surface area contributed by atoms with Crippen LogP contribution in [0.2, 0.25) is 0 Å². The highest BCUT2D eigenvalue weighted by molar-refractivity contribution is 5.82. The Balaban J connectivity index is 2.32. The van der Waals surface area contributed by atoms with E-state index >= 15 is 0 Å². The monoisotopic (exact) mass is 227 g/mol. The Morgan fingerprint density at radius 3 is 2.81 bits per heavy atom. The van der Waals surface area contributed by atoms with E-state index in [0.29, 0.717) is 0 Å². The fourth-order valence-electron chi connectivity index (χ4n) is 2.20. The van der Waals surface area contributed by atoms with Crippen LogP contribution in [0.1, 0.15) is 33.1 Å². The van der Waals surface area contributed by atoms with Crippen molar-refractivity contribution in [3.05, 3.63) is 0 Å². The first-order chi connectivity index (χ1) is 7.69. The number of piperidine rings is 1. The number of likely N-dealkylation sites (N-methyl/N-ethyl adjacent to an activating group) is 1. The highest BCUT2D eigenvalue weighted by Gasteiger charge is 2.25. The summed E-state index contributed by atoms with van der Waals surface area (Å²) >= 11 is 0. The number of rotatable bonds is 6. The maximum absolute atomic E-state index is 11.8. The molecule has 4 nitrogen and oxygen atoms in total. The second-order valence-electron chi connectivity index (χ2n) is 4.51. The smallest absolute Gasteiger partial charge is 0.239 e. The fraction of sp³-hybridized carbons (Fsp3) is 0.917. The van der Waals surface area contributed by atoms with Gasteiger partial charge < -0.3 is 15.5 Å². The predicted molar refractivity (Wildman–Crippen MR) is 66.2 cm³/mol. The van der Waals surface area contributed by atoms with Crippen LogP contribution in [0.25, 0.3) is 0 Å². The molecule has 1 rings (SSSR count). The minimum absolute atomic E-state index is 0.138. The predicted octanol–water partition coefficient (Wildman–Crippen LogP) is 0.668. The van der Waals surface area contributed by atoms with Gasteiger partial charge in [0.2, 0.25) is 5.91 Å². The van der Waals surface area contributed by atoms with Crippen molar-refractivity contribution in [1.82, 2.24) is 9.80 Å². The van der Waals surface area contributed by atoms with E-state index in [9.17, 15) is 4.79 Å². The van der Waals surface area contributed by atoms with Crippen LogP contribution in [0.5, 0.6) is 0 Å². The van der Waals surface area contributed by atoms with Crippen molar-refractivity contribution in [3.63, 3.8) is 0 Å². The molecular formula is C12H25N3O. The molecule has 0 aromatic rings. The standard InChI is InChI=1S/C12H25N3O/c1-3-7-14(4-2)9-10-15-8-5-6-11(13)12(15)16/h11H,3-10,13H2,1-2H3. The first-order valence-electron chi connectivity index (χ1n) is 6.45. The summed E-state index contributed by atoms with van der Waals surface area (Å²) < 4.78 is 0. The van der Waals surface area contributed by atoms with Crippen molar-refractivity contribution in [2.45, 2.75) is 39.2 Å². The minimum atomic E-state index is -0.255. The van der Waals surface area contributed by atoms with Gasteiger partial charge >= 0.3 is 0 Å². The van der Waals surface area contributed by atoms with Gasteiger partial charge in [0.25, 0.3) is 0 Å². The summed E-state index contributed by atoms with van der Waals surface area (Å²) in [5.74, 6) is 0.138. The van der Waals surface area contributed by atoms with Crippen molar-refractivity contribution in [1.29, 1.82) is 0 Å². The number of amides is 1. The summed E-state index contributed by atoms with van der Waals surface area (Å²) in [6, 6.07) is -0.255. The molecule has 1 atom stereocenters. The zero-order valence-electron chi connectivity index (χ0n) is 10.6. The van der Waals surface area contributed by atoms with Crippen LogP contribution in [0.3, 0.4) is 0 Å². The van der Waals surface area contributed by atoms with Gasteiger partial charge in [-0.15, -0.1) is 0 Å². The molecule has 1 unspecified atom stereocenters. The summed E-state index contributed by atoms with van der Waals surface area (Å²) in [4.78, 5) is 16.1. The molecule has 1 aliphatic heterocycles. The number of nitrogens with two attached hydrogens (primary N) is 1. The third-order valence-corrected chi connectivity index (χ3v) is 3.25. The summed E-state index contributed by atoms with van der Waals surface area (Å²) in [5, 5.41) is 0. The summed E-state index contributed by atoms with van der Waals surface area (Å²) in [5.41, 5.74) is 5.76. The number of nitrogens with zero attached hydrogens (tertiary/aromatic N) is 2. The Bertz CT molecular complexity index is 220. The highest BCUT2D eigenvalue weighted by Crippen LogP contribution is 2.09. The molecule has 0 aromatic heterocycles. The van der Waals surface area contributed by atoms with Crippen molar-refractivity contribution >= 4 is 5.91 Å². The molecule has 94 valence electrons. The quantitative estimate of drug-likeness (QED) is 0.725. The second-order valence-corrected chi connectivity index (χ2v) is 4.51. The fourth-order valence-corrected chi connectivity index (χ4v) is 2.20. The molecule has 0 spiro atoms. The average molecular weight is 227 g/mol. The lowest BCUT2D eigenvalue weighted by atomic mass is 10.1. The van der Waals surface area contributed by atoms with Gasteiger partial charge in [0, 0.05) is 19.6 Å². The van der Waals surface area contributed by atoms with Crippen molar-refractivity contribution in [2.75, 3.05) is 32.7 Å². The van der Waals surface area contributed by atoms with Gasteiger partial charge in [0.1, 0.15) is 0 Å². The van der Waals surface area contributed by atoms with Crippen molar-refractivity contribution in [2.24, 2.45) is 5.73 Å². The molecule has 1 amide bonds. The average Bonchev–Trinajstić information content (AvgIpc) is 2.29. The van der Waals surface area contributed by atoms with E-state index in [1.165, 1.54) is 6.42 Å². The number of hydrogen-bond acceptors (Lipinski definition) is 3. The van der Waals surface area contributed by atoms with E-state index < -0.39 is 0 Å². The molecule has 2 N–H and O–H groups in total. The molecule has 0 bridgehead atoms. The van der Waals surface area contributed by atoms with Crippen LogP contribution >= 0.6 is 0 Å². The second kappa shape index (κ2) is 6.86. The van der Waals surface area contributed by atoms with Crippen LogP contribution in [0, 0.1) is 0 Å². The molecule has 0 aliphatic carbocycles. The molecule has 0 saturated carbocycles. The molecule has 1 heterocycles. The first-order valence-corrected chi connectivity index (χ1v) is 6.45.